The van der Waals surface area contributed by atoms with E-state index in [9.17, 15) is 9.50 Å². The van der Waals surface area contributed by atoms with Crippen LogP contribution in [0, 0.1) is 5.82 Å². The Labute approximate surface area is 214 Å². The topological polar surface area (TPSA) is 55.2 Å². The summed E-state index contributed by atoms with van der Waals surface area (Å²) in [5.74, 6) is 0.401. The van der Waals surface area contributed by atoms with Crippen LogP contribution in [0.4, 0.5) is 4.39 Å². The van der Waals surface area contributed by atoms with Crippen LogP contribution >= 0.6 is 23.2 Å². The summed E-state index contributed by atoms with van der Waals surface area (Å²) < 4.78 is 19.7. The van der Waals surface area contributed by atoms with E-state index >= 15 is 0 Å². The minimum absolute atomic E-state index is 0.379. The average Bonchev–Trinajstić information content (AvgIpc) is 2.79. The maximum Gasteiger partial charge on any atom is 0.149 e. The molecule has 1 aliphatic heterocycles. The number of aliphatic hydroxyl groups is 1. The number of hydrogen-bond donors (Lipinski definition) is 1. The number of aromatic nitrogens is 2. The zero-order valence-electron chi connectivity index (χ0n) is 19.8. The number of rotatable bonds is 2. The van der Waals surface area contributed by atoms with Crippen LogP contribution in [0.2, 0.25) is 10.0 Å². The van der Waals surface area contributed by atoms with E-state index in [2.05, 4.69) is 9.97 Å². The van der Waals surface area contributed by atoms with Gasteiger partial charge in [-0.3, -0.25) is 9.97 Å². The molecule has 0 radical (unpaired) electrons. The molecule has 4 nitrogen and oxygen atoms in total. The summed E-state index contributed by atoms with van der Waals surface area (Å²) in [5.41, 5.74) is 3.48. The fraction of sp³-hybridized carbons (Fsp3) is 0.214. The third kappa shape index (κ3) is 5.32. The zero-order valence-corrected chi connectivity index (χ0v) is 21.3. The molecule has 0 atom stereocenters. The minimum Gasteiger partial charge on any atom is -0.481 e. The van der Waals surface area contributed by atoms with Crippen molar-refractivity contribution in [2.24, 2.45) is 0 Å². The molecule has 0 bridgehead atoms. The van der Waals surface area contributed by atoms with Crippen molar-refractivity contribution in [2.75, 3.05) is 0 Å². The van der Waals surface area contributed by atoms with Crippen LogP contribution in [-0.2, 0) is 11.2 Å². The van der Waals surface area contributed by atoms with E-state index in [1.54, 1.807) is 50.5 Å². The van der Waals surface area contributed by atoms with E-state index in [4.69, 9.17) is 27.9 Å². The Morgan fingerprint density at radius 1 is 0.829 bits per heavy atom. The first kappa shape index (κ1) is 25.1. The van der Waals surface area contributed by atoms with Crippen LogP contribution in [0.1, 0.15) is 38.8 Å². The first-order valence-electron chi connectivity index (χ1n) is 11.0. The van der Waals surface area contributed by atoms with Crippen molar-refractivity contribution < 1.29 is 14.2 Å². The SMILES string of the molecule is CC(C)(O)c1cc(Cl)ccc1-c1ccncc1F.CC1(C)Oc2cnccc2-c2ccc(Cl)cc21. The molecule has 1 N–H and O–H groups in total. The highest BCUT2D eigenvalue weighted by atomic mass is 35.5. The van der Waals surface area contributed by atoms with Crippen molar-refractivity contribution in [3.8, 4) is 28.0 Å². The molecule has 0 unspecified atom stereocenters. The summed E-state index contributed by atoms with van der Waals surface area (Å²) in [4.78, 5) is 7.82. The quantitative estimate of drug-likeness (QED) is 0.298. The van der Waals surface area contributed by atoms with Crippen molar-refractivity contribution in [3.05, 3.63) is 100 Å². The second-order valence-electron chi connectivity index (χ2n) is 9.28. The monoisotopic (exact) mass is 510 g/mol. The number of benzene rings is 2. The van der Waals surface area contributed by atoms with E-state index in [0.29, 0.717) is 21.7 Å². The van der Waals surface area contributed by atoms with Gasteiger partial charge in [-0.25, -0.2) is 4.39 Å². The summed E-state index contributed by atoms with van der Waals surface area (Å²) >= 11 is 12.0. The van der Waals surface area contributed by atoms with Gasteiger partial charge in [0.1, 0.15) is 17.2 Å². The highest BCUT2D eigenvalue weighted by Gasteiger charge is 2.32. The molecule has 0 aliphatic carbocycles. The zero-order chi connectivity index (χ0) is 25.4. The summed E-state index contributed by atoms with van der Waals surface area (Å²) in [7, 11) is 0. The number of ether oxygens (including phenoxy) is 1. The van der Waals surface area contributed by atoms with Gasteiger partial charge >= 0.3 is 0 Å². The van der Waals surface area contributed by atoms with Gasteiger partial charge in [0.25, 0.3) is 0 Å². The van der Waals surface area contributed by atoms with Gasteiger partial charge in [-0.05, 0) is 80.8 Å². The van der Waals surface area contributed by atoms with E-state index < -0.39 is 11.4 Å². The highest BCUT2D eigenvalue weighted by molar-refractivity contribution is 6.31. The third-order valence-corrected chi connectivity index (χ3v) is 6.24. The average molecular weight is 511 g/mol. The lowest BCUT2D eigenvalue weighted by Crippen LogP contribution is -2.29. The molecule has 35 heavy (non-hydrogen) atoms. The molecular formula is C28H25Cl2FN2O2. The molecule has 0 saturated carbocycles. The van der Waals surface area contributed by atoms with E-state index in [1.165, 1.54) is 11.8 Å². The lowest BCUT2D eigenvalue weighted by atomic mass is 9.87. The molecule has 4 aromatic rings. The largest absolute Gasteiger partial charge is 0.481 e. The first-order chi connectivity index (χ1) is 16.5. The fourth-order valence-electron chi connectivity index (χ4n) is 4.11. The Morgan fingerprint density at radius 2 is 1.43 bits per heavy atom. The normalized spacial score (nSPS) is 13.6. The van der Waals surface area contributed by atoms with E-state index in [1.807, 2.05) is 38.1 Å². The molecule has 7 heteroatoms. The van der Waals surface area contributed by atoms with Crippen LogP contribution in [0.25, 0.3) is 22.3 Å². The number of pyridine rings is 2. The molecule has 5 rings (SSSR count). The van der Waals surface area contributed by atoms with E-state index in [0.717, 1.165) is 28.1 Å². The Morgan fingerprint density at radius 3 is 2.09 bits per heavy atom. The molecule has 2 aromatic heterocycles. The van der Waals surface area contributed by atoms with E-state index in [-0.39, 0.29) is 5.60 Å². The number of halogens is 3. The Hall–Kier alpha value is -2.99. The van der Waals surface area contributed by atoms with Crippen molar-refractivity contribution in [1.82, 2.24) is 9.97 Å². The van der Waals surface area contributed by atoms with Crippen LogP contribution < -0.4 is 4.74 Å². The van der Waals surface area contributed by atoms with Gasteiger partial charge in [0, 0.05) is 39.1 Å². The second kappa shape index (κ2) is 9.57. The number of fused-ring (bicyclic) bond motifs is 3. The lowest BCUT2D eigenvalue weighted by Gasteiger charge is -2.34. The summed E-state index contributed by atoms with van der Waals surface area (Å²) in [6.45, 7) is 7.36. The predicted octanol–water partition coefficient (Wildman–Crippen LogP) is 7.80. The molecule has 1 aliphatic rings. The molecule has 3 heterocycles. The summed E-state index contributed by atoms with van der Waals surface area (Å²) in [6, 6.07) is 14.5. The van der Waals surface area contributed by atoms with Gasteiger partial charge < -0.3 is 9.84 Å². The Balaban J connectivity index is 0.000000165. The van der Waals surface area contributed by atoms with Crippen LogP contribution in [0.5, 0.6) is 5.75 Å². The van der Waals surface area contributed by atoms with Crippen molar-refractivity contribution in [2.45, 2.75) is 38.9 Å². The second-order valence-corrected chi connectivity index (χ2v) is 10.2. The Bertz CT molecular complexity index is 1380. The third-order valence-electron chi connectivity index (χ3n) is 5.77. The predicted molar refractivity (Wildman–Crippen MR) is 138 cm³/mol. The first-order valence-corrected chi connectivity index (χ1v) is 11.8. The Kier molecular flexibility index (Phi) is 6.87. The highest BCUT2D eigenvalue weighted by Crippen LogP contribution is 2.45. The molecule has 0 fully saturated rings. The maximum absolute atomic E-state index is 13.8. The standard InChI is InChI=1S/C14H13ClFNO.C14H12ClNO/c1-14(2,18)12-7-9(15)3-4-10(12)11-5-6-17-8-13(11)16;1-14(2)12-7-9(15)3-4-10(12)11-5-6-16-8-13(11)17-14/h3-8,18H,1-2H3;3-8H,1-2H3. The molecule has 0 amide bonds. The van der Waals surface area contributed by atoms with Crippen LogP contribution in [0.15, 0.2) is 73.3 Å². The summed E-state index contributed by atoms with van der Waals surface area (Å²) in [5, 5.41) is 11.4. The van der Waals surface area contributed by atoms with Gasteiger partial charge in [-0.15, -0.1) is 0 Å². The number of hydrogen-bond acceptors (Lipinski definition) is 4. The molecule has 0 spiro atoms. The maximum atomic E-state index is 13.8. The van der Waals surface area contributed by atoms with Gasteiger partial charge in [0.2, 0.25) is 0 Å². The van der Waals surface area contributed by atoms with Crippen molar-refractivity contribution in [3.63, 3.8) is 0 Å². The van der Waals surface area contributed by atoms with Crippen LogP contribution in [-0.4, -0.2) is 15.1 Å². The van der Waals surface area contributed by atoms with Gasteiger partial charge in [0.05, 0.1) is 18.0 Å². The smallest absolute Gasteiger partial charge is 0.149 e. The van der Waals surface area contributed by atoms with Gasteiger partial charge in [-0.1, -0.05) is 35.3 Å². The molecule has 0 saturated heterocycles. The minimum atomic E-state index is -1.10. The lowest BCUT2D eigenvalue weighted by molar-refractivity contribution is 0.0792. The molecule has 2 aromatic carbocycles. The van der Waals surface area contributed by atoms with Gasteiger partial charge in [0.15, 0.2) is 0 Å². The molecular weight excluding hydrogens is 486 g/mol. The van der Waals surface area contributed by atoms with Crippen molar-refractivity contribution in [1.29, 1.82) is 0 Å². The summed E-state index contributed by atoms with van der Waals surface area (Å²) in [6.07, 6.45) is 6.20. The van der Waals surface area contributed by atoms with Gasteiger partial charge in [-0.2, -0.15) is 0 Å². The fourth-order valence-corrected chi connectivity index (χ4v) is 4.46. The van der Waals surface area contributed by atoms with Crippen molar-refractivity contribution >= 4 is 23.2 Å². The number of nitrogens with zero attached hydrogens (tertiary/aromatic N) is 2. The van der Waals surface area contributed by atoms with Crippen LogP contribution in [0.3, 0.4) is 0 Å². The molecule has 180 valence electrons.